The van der Waals surface area contributed by atoms with Gasteiger partial charge in [0.15, 0.2) is 0 Å². The predicted molar refractivity (Wildman–Crippen MR) is 168 cm³/mol. The van der Waals surface area contributed by atoms with Crippen molar-refractivity contribution in [2.24, 2.45) is 0 Å². The Morgan fingerprint density at radius 2 is 1.83 bits per heavy atom. The number of benzene rings is 1. The number of Topliss-reactive ketones (excluding diaryl/α,β-unsaturated/α-hetero) is 2. The van der Waals surface area contributed by atoms with Gasteiger partial charge < -0.3 is 25.2 Å². The van der Waals surface area contributed by atoms with Gasteiger partial charge in [-0.05, 0) is 90.6 Å². The maximum atomic E-state index is 13.7. The number of methoxy groups -OCH3 is 1. The lowest BCUT2D eigenvalue weighted by Gasteiger charge is -2.60. The number of nitriles is 1. The number of rotatable bonds is 5. The molecule has 4 aliphatic rings. The molecular weight excluding hydrogens is 590 g/mol. The summed E-state index contributed by atoms with van der Waals surface area (Å²) in [6.45, 7) is 12.0. The highest BCUT2D eigenvalue weighted by atomic mass is 16.6. The van der Waals surface area contributed by atoms with Gasteiger partial charge in [0.05, 0.1) is 25.3 Å². The van der Waals surface area contributed by atoms with Gasteiger partial charge in [-0.2, -0.15) is 5.26 Å². The highest BCUT2D eigenvalue weighted by Gasteiger charge is 2.57. The van der Waals surface area contributed by atoms with Gasteiger partial charge in [0.2, 0.25) is 17.5 Å². The second kappa shape index (κ2) is 11.9. The standard InChI is InChI=1S/C34H43N5O7/c1-15-10-19-11-21-23(13-35)39-22(27(38(21)8)25(19)16(2)31(15)45-9)12-20-26(30(42)29(41)17(3)28(20)40)24(39)14-36-32(43)18(4)37-33(44)46-34(5,6)7/h10,18,21-24,27,40H,11-12,14H2,1-9H3,(H,36,43)(H,37,44)/t18-,21+,22?,23-,24-,27+/m0/s1. The number of hydrogen-bond donors (Lipinski definition) is 3. The number of amides is 2. The van der Waals surface area contributed by atoms with Crippen LogP contribution in [0.15, 0.2) is 28.5 Å². The Kier molecular flexibility index (Phi) is 8.55. The molecule has 2 amide bonds. The first-order chi connectivity index (χ1) is 21.5. The molecule has 1 aromatic carbocycles. The summed E-state index contributed by atoms with van der Waals surface area (Å²) < 4.78 is 11.1. The summed E-state index contributed by atoms with van der Waals surface area (Å²) in [6, 6.07) is 1.13. The molecule has 2 bridgehead atoms. The average molecular weight is 634 g/mol. The molecular formula is C34H43N5O7. The van der Waals surface area contributed by atoms with Crippen molar-refractivity contribution in [3.8, 4) is 11.8 Å². The molecule has 3 heterocycles. The van der Waals surface area contributed by atoms with E-state index in [0.717, 1.165) is 28.0 Å². The van der Waals surface area contributed by atoms with Crippen LogP contribution >= 0.6 is 0 Å². The summed E-state index contributed by atoms with van der Waals surface area (Å²) in [5, 5.41) is 27.3. The number of aryl methyl sites for hydroxylation is 1. The minimum atomic E-state index is -0.981. The minimum absolute atomic E-state index is 0.0217. The van der Waals surface area contributed by atoms with E-state index in [0.29, 0.717) is 12.0 Å². The summed E-state index contributed by atoms with van der Waals surface area (Å²) in [6.07, 6.45) is 0.0368. The molecule has 1 aromatic rings. The zero-order valence-electron chi connectivity index (χ0n) is 27.9. The third-order valence-electron chi connectivity index (χ3n) is 9.76. The molecule has 0 aromatic heterocycles. The summed E-state index contributed by atoms with van der Waals surface area (Å²) >= 11 is 0. The van der Waals surface area contributed by atoms with Crippen LogP contribution in [0.4, 0.5) is 4.79 Å². The van der Waals surface area contributed by atoms with Crippen LogP contribution in [0.5, 0.6) is 5.75 Å². The number of nitrogens with one attached hydrogen (secondary N) is 2. The molecule has 0 saturated carbocycles. The quantitative estimate of drug-likeness (QED) is 0.325. The van der Waals surface area contributed by atoms with E-state index in [1.165, 1.54) is 13.8 Å². The van der Waals surface area contributed by atoms with Crippen molar-refractivity contribution < 1.29 is 33.8 Å². The number of hydrogen-bond acceptors (Lipinski definition) is 10. The Labute approximate surface area is 269 Å². The summed E-state index contributed by atoms with van der Waals surface area (Å²) in [7, 11) is 3.63. The van der Waals surface area contributed by atoms with E-state index >= 15 is 0 Å². The van der Waals surface area contributed by atoms with Gasteiger partial charge in [-0.15, -0.1) is 0 Å². The van der Waals surface area contributed by atoms with Gasteiger partial charge in [-0.25, -0.2) is 4.79 Å². The number of aliphatic hydroxyl groups excluding tert-OH is 1. The van der Waals surface area contributed by atoms with Crippen LogP contribution in [0, 0.1) is 25.2 Å². The lowest BCUT2D eigenvalue weighted by Crippen LogP contribution is -2.71. The monoisotopic (exact) mass is 633 g/mol. The molecule has 12 heteroatoms. The van der Waals surface area contributed by atoms with Crippen molar-refractivity contribution in [3.63, 3.8) is 0 Å². The molecule has 1 fully saturated rings. The zero-order chi connectivity index (χ0) is 34.0. The third-order valence-corrected chi connectivity index (χ3v) is 9.76. The lowest BCUT2D eigenvalue weighted by molar-refractivity contribution is -0.134. The number of alkyl carbamates (subject to hydrolysis) is 1. The maximum absolute atomic E-state index is 13.7. The van der Waals surface area contributed by atoms with E-state index in [-0.39, 0.29) is 42.0 Å². The van der Waals surface area contributed by atoms with Gasteiger partial charge in [0.25, 0.3) is 0 Å². The van der Waals surface area contributed by atoms with E-state index < -0.39 is 53.3 Å². The van der Waals surface area contributed by atoms with Crippen LogP contribution in [-0.4, -0.2) is 95.0 Å². The molecule has 3 aliphatic heterocycles. The van der Waals surface area contributed by atoms with Crippen molar-refractivity contribution in [1.82, 2.24) is 20.4 Å². The summed E-state index contributed by atoms with van der Waals surface area (Å²) in [4.78, 5) is 56.5. The number of nitrogens with zero attached hydrogens (tertiary/aromatic N) is 3. The van der Waals surface area contributed by atoms with Gasteiger partial charge in [-0.1, -0.05) is 6.07 Å². The van der Waals surface area contributed by atoms with Crippen molar-refractivity contribution in [3.05, 3.63) is 50.8 Å². The number of ketones is 2. The number of piperazine rings is 1. The first-order valence-corrected chi connectivity index (χ1v) is 15.6. The van der Waals surface area contributed by atoms with Gasteiger partial charge in [-0.3, -0.25) is 24.2 Å². The minimum Gasteiger partial charge on any atom is -0.507 e. The van der Waals surface area contributed by atoms with Crippen LogP contribution in [0.2, 0.25) is 0 Å². The molecule has 6 atom stereocenters. The fraction of sp³-hybridized carbons (Fsp3) is 0.559. The summed E-state index contributed by atoms with van der Waals surface area (Å²) in [5.74, 6) is -1.55. The number of fused-ring (bicyclic) bond motifs is 6. The third kappa shape index (κ3) is 5.35. The van der Waals surface area contributed by atoms with Crippen LogP contribution in [-0.2, 0) is 25.5 Å². The molecule has 46 heavy (non-hydrogen) atoms. The van der Waals surface area contributed by atoms with E-state index in [2.05, 4.69) is 27.7 Å². The number of allylic oxidation sites excluding steroid dienone is 2. The average Bonchev–Trinajstić information content (AvgIpc) is 2.97. The predicted octanol–water partition coefficient (Wildman–Crippen LogP) is 2.87. The number of ether oxygens (including phenoxy) is 2. The molecule has 3 N–H and O–H groups in total. The maximum Gasteiger partial charge on any atom is 0.408 e. The second-order valence-electron chi connectivity index (χ2n) is 13.8. The van der Waals surface area contributed by atoms with Gasteiger partial charge in [0.1, 0.15) is 29.2 Å². The highest BCUT2D eigenvalue weighted by Crippen LogP contribution is 2.52. The fourth-order valence-corrected chi connectivity index (χ4v) is 7.81. The van der Waals surface area contributed by atoms with Crippen molar-refractivity contribution in [2.45, 2.75) is 103 Å². The van der Waals surface area contributed by atoms with E-state index in [9.17, 15) is 29.5 Å². The Hall–Kier alpha value is -4.21. The van der Waals surface area contributed by atoms with E-state index in [4.69, 9.17) is 9.47 Å². The first-order valence-electron chi connectivity index (χ1n) is 15.6. The van der Waals surface area contributed by atoms with Crippen molar-refractivity contribution in [1.29, 1.82) is 5.26 Å². The zero-order valence-corrected chi connectivity index (χ0v) is 27.9. The number of carbonyl (C=O) groups is 4. The van der Waals surface area contributed by atoms with Crippen molar-refractivity contribution >= 4 is 23.6 Å². The Balaban J connectivity index is 1.59. The van der Waals surface area contributed by atoms with Gasteiger partial charge >= 0.3 is 6.09 Å². The smallest absolute Gasteiger partial charge is 0.408 e. The molecule has 1 unspecified atom stereocenters. The largest absolute Gasteiger partial charge is 0.507 e. The van der Waals surface area contributed by atoms with Crippen molar-refractivity contribution in [2.75, 3.05) is 20.7 Å². The SMILES string of the molecule is COc1c(C)cc2c(c1C)[C@H]1C3CC4=C(C(=O)C(=O)C(C)=C4O)[C@H](CNC(=O)[C@H](C)NC(=O)OC(C)(C)C)N3[C@@H](C#N)[C@@H](C2)N1C. The number of likely N-dealkylation sites (N-methyl/N-ethyl adjacent to an activating group) is 1. The van der Waals surface area contributed by atoms with Crippen LogP contribution < -0.4 is 15.4 Å². The Morgan fingerprint density at radius 3 is 2.43 bits per heavy atom. The highest BCUT2D eigenvalue weighted by molar-refractivity contribution is 6.50. The molecule has 12 nitrogen and oxygen atoms in total. The van der Waals surface area contributed by atoms with Gasteiger partial charge in [0, 0.05) is 35.3 Å². The molecule has 0 spiro atoms. The van der Waals surface area contributed by atoms with Crippen LogP contribution in [0.1, 0.15) is 69.3 Å². The molecule has 1 saturated heterocycles. The fourth-order valence-electron chi connectivity index (χ4n) is 7.81. The molecule has 0 radical (unpaired) electrons. The summed E-state index contributed by atoms with van der Waals surface area (Å²) in [5.41, 5.74) is 3.87. The molecule has 1 aliphatic carbocycles. The molecule has 5 rings (SSSR count). The Bertz CT molecular complexity index is 1630. The van der Waals surface area contributed by atoms with E-state index in [1.54, 1.807) is 27.9 Å². The topological polar surface area (TPSA) is 161 Å². The number of carbonyl (C=O) groups excluding carboxylic acids is 4. The Morgan fingerprint density at radius 1 is 1.15 bits per heavy atom. The van der Waals surface area contributed by atoms with Crippen LogP contribution in [0.3, 0.4) is 0 Å². The van der Waals surface area contributed by atoms with Crippen LogP contribution in [0.25, 0.3) is 0 Å². The first kappa shape index (κ1) is 33.2. The number of aliphatic hydroxyl groups is 1. The normalized spacial score (nSPS) is 26.8. The molecule has 246 valence electrons. The second-order valence-corrected chi connectivity index (χ2v) is 13.8. The lowest BCUT2D eigenvalue weighted by atomic mass is 9.69. The van der Waals surface area contributed by atoms with E-state index in [1.807, 2.05) is 25.8 Å².